The van der Waals surface area contributed by atoms with Crippen LogP contribution in [0.1, 0.15) is 96.3 Å². The van der Waals surface area contributed by atoms with Gasteiger partial charge in [0.2, 0.25) is 5.95 Å². The molecule has 4 fully saturated rings. The van der Waals surface area contributed by atoms with Crippen molar-refractivity contribution < 1.29 is 32.3 Å². The summed E-state index contributed by atoms with van der Waals surface area (Å²) >= 11 is 0. The topological polar surface area (TPSA) is 102 Å². The van der Waals surface area contributed by atoms with E-state index in [2.05, 4.69) is 15.0 Å². The summed E-state index contributed by atoms with van der Waals surface area (Å²) in [6, 6.07) is 7.25. The van der Waals surface area contributed by atoms with E-state index in [0.29, 0.717) is 36.0 Å². The van der Waals surface area contributed by atoms with Crippen LogP contribution in [0.3, 0.4) is 0 Å². The maximum atomic E-state index is 13.8. The maximum Gasteiger partial charge on any atom is 0.417 e. The zero-order chi connectivity index (χ0) is 27.6. The molecule has 11 heteroatoms. The van der Waals surface area contributed by atoms with Gasteiger partial charge in [0.05, 0.1) is 18.3 Å². The average Bonchev–Trinajstić information content (AvgIpc) is 3.87. The van der Waals surface area contributed by atoms with Gasteiger partial charge >= 0.3 is 12.1 Å². The van der Waals surface area contributed by atoms with Crippen LogP contribution in [0, 0.1) is 0 Å². The fourth-order valence-corrected chi connectivity index (χ4v) is 6.33. The third-order valence-electron chi connectivity index (χ3n) is 8.59. The van der Waals surface area contributed by atoms with Gasteiger partial charge in [-0.3, -0.25) is 0 Å². The summed E-state index contributed by atoms with van der Waals surface area (Å²) in [5.74, 6) is 0.515. The van der Waals surface area contributed by atoms with Gasteiger partial charge in [0.25, 0.3) is 0 Å². The third-order valence-corrected chi connectivity index (χ3v) is 8.59. The van der Waals surface area contributed by atoms with E-state index in [4.69, 9.17) is 14.2 Å². The first kappa shape index (κ1) is 25.5. The molecule has 7 rings (SSSR count). The molecule has 0 spiro atoms. The first-order valence-electron chi connectivity index (χ1n) is 13.9. The minimum atomic E-state index is -4.52. The Morgan fingerprint density at radius 2 is 1.73 bits per heavy atom. The van der Waals surface area contributed by atoms with E-state index in [1.807, 2.05) is 0 Å². The summed E-state index contributed by atoms with van der Waals surface area (Å²) in [6.45, 7) is 0.123. The molecule has 2 bridgehead atoms. The van der Waals surface area contributed by atoms with Gasteiger partial charge in [0, 0.05) is 40.7 Å². The van der Waals surface area contributed by atoms with E-state index in [-0.39, 0.29) is 47.7 Å². The Hall–Kier alpha value is -3.47. The first-order valence-corrected chi connectivity index (χ1v) is 13.9. The second kappa shape index (κ2) is 9.57. The van der Waals surface area contributed by atoms with E-state index in [1.165, 1.54) is 12.1 Å². The van der Waals surface area contributed by atoms with E-state index in [1.54, 1.807) is 12.1 Å². The van der Waals surface area contributed by atoms with E-state index >= 15 is 0 Å². The summed E-state index contributed by atoms with van der Waals surface area (Å²) in [4.78, 5) is 23.1. The summed E-state index contributed by atoms with van der Waals surface area (Å²) < 4.78 is 53.4. The van der Waals surface area contributed by atoms with Crippen molar-refractivity contribution in [1.82, 2.24) is 15.1 Å². The van der Waals surface area contributed by atoms with E-state index in [9.17, 15) is 23.1 Å². The number of carboxylic acid groups (broad SMARTS) is 1. The minimum absolute atomic E-state index is 0.000988. The Morgan fingerprint density at radius 1 is 1.02 bits per heavy atom. The molecule has 0 radical (unpaired) electrons. The van der Waals surface area contributed by atoms with Gasteiger partial charge in [-0.05, 0) is 63.5 Å². The van der Waals surface area contributed by atoms with Crippen LogP contribution in [-0.4, -0.2) is 44.4 Å². The molecule has 2 aromatic heterocycles. The average molecular weight is 555 g/mol. The number of aromatic carboxylic acids is 1. The number of nitrogens with zero attached hydrogens (tertiary/aromatic N) is 4. The Kier molecular flexibility index (Phi) is 6.10. The number of benzene rings is 1. The number of rotatable bonds is 8. The van der Waals surface area contributed by atoms with Gasteiger partial charge in [-0.15, -0.1) is 0 Å². The Labute approximate surface area is 228 Å². The molecule has 2 aliphatic heterocycles. The number of carbonyl (C=O) groups is 1. The van der Waals surface area contributed by atoms with Crippen LogP contribution in [0.15, 0.2) is 34.9 Å². The molecule has 2 aliphatic carbocycles. The molecule has 210 valence electrons. The molecule has 8 nitrogen and oxygen atoms in total. The second-order valence-corrected chi connectivity index (χ2v) is 11.4. The highest BCUT2D eigenvalue weighted by atomic mass is 19.4. The summed E-state index contributed by atoms with van der Waals surface area (Å²) in [6.07, 6.45) is 2.50. The summed E-state index contributed by atoms with van der Waals surface area (Å²) in [7, 11) is 0. The molecule has 4 aliphatic rings. The van der Waals surface area contributed by atoms with Crippen LogP contribution in [0.25, 0.3) is 11.3 Å². The summed E-state index contributed by atoms with van der Waals surface area (Å²) in [5.41, 5.74) is 0.874. The zero-order valence-electron chi connectivity index (χ0n) is 21.7. The molecule has 1 N–H and O–H groups in total. The van der Waals surface area contributed by atoms with Crippen molar-refractivity contribution in [3.05, 3.63) is 58.6 Å². The number of carboxylic acids is 1. The van der Waals surface area contributed by atoms with Crippen molar-refractivity contribution in [3.63, 3.8) is 0 Å². The van der Waals surface area contributed by atoms with Crippen molar-refractivity contribution in [1.29, 1.82) is 0 Å². The maximum absolute atomic E-state index is 13.8. The van der Waals surface area contributed by atoms with Gasteiger partial charge in [-0.25, -0.2) is 14.8 Å². The lowest BCUT2D eigenvalue weighted by Gasteiger charge is -2.39. The number of piperidine rings is 1. The number of hydrogen-bond donors (Lipinski definition) is 1. The van der Waals surface area contributed by atoms with Crippen LogP contribution < -0.4 is 4.90 Å². The lowest BCUT2D eigenvalue weighted by atomic mass is 9.98. The molecule has 0 unspecified atom stereocenters. The van der Waals surface area contributed by atoms with Crippen molar-refractivity contribution in [2.24, 2.45) is 0 Å². The number of fused-ring (bicyclic) bond motifs is 2. The Bertz CT molecular complexity index is 1440. The molecule has 2 saturated heterocycles. The van der Waals surface area contributed by atoms with Gasteiger partial charge in [-0.1, -0.05) is 23.4 Å². The first-order chi connectivity index (χ1) is 19.3. The highest BCUT2D eigenvalue weighted by Crippen LogP contribution is 2.47. The molecule has 1 aromatic carbocycles. The van der Waals surface area contributed by atoms with Crippen LogP contribution in [-0.2, 0) is 17.5 Å². The van der Waals surface area contributed by atoms with Gasteiger partial charge in [-0.2, -0.15) is 13.2 Å². The van der Waals surface area contributed by atoms with Gasteiger partial charge in [0.1, 0.15) is 11.5 Å². The SMILES string of the molecule is O=C(O)c1cc(C2CC2)nc(N2[C@@H]3CC[C@H]2C[C@@H](OCc2c(-c4ccccc4C(F)(F)F)noc2C2CC2)C3)n1. The van der Waals surface area contributed by atoms with Crippen molar-refractivity contribution in [2.75, 3.05) is 4.90 Å². The van der Waals surface area contributed by atoms with Crippen LogP contribution in [0.2, 0.25) is 0 Å². The lowest BCUT2D eigenvalue weighted by molar-refractivity contribution is -0.137. The Morgan fingerprint density at radius 3 is 2.38 bits per heavy atom. The molecular formula is C29H29F3N4O4. The molecule has 4 heterocycles. The number of aromatic nitrogens is 3. The highest BCUT2D eigenvalue weighted by Gasteiger charge is 2.44. The number of alkyl halides is 3. The number of halogens is 3. The largest absolute Gasteiger partial charge is 0.477 e. The van der Waals surface area contributed by atoms with Crippen molar-refractivity contribution >= 4 is 11.9 Å². The van der Waals surface area contributed by atoms with Crippen molar-refractivity contribution in [3.8, 4) is 11.3 Å². The smallest absolute Gasteiger partial charge is 0.417 e. The minimum Gasteiger partial charge on any atom is -0.477 e. The molecule has 0 amide bonds. The van der Waals surface area contributed by atoms with E-state index in [0.717, 1.165) is 50.3 Å². The van der Waals surface area contributed by atoms with Gasteiger partial charge in [0.15, 0.2) is 5.69 Å². The van der Waals surface area contributed by atoms with Crippen LogP contribution in [0.5, 0.6) is 0 Å². The lowest BCUT2D eigenvalue weighted by Crippen LogP contribution is -2.46. The molecule has 40 heavy (non-hydrogen) atoms. The molecular weight excluding hydrogens is 525 g/mol. The summed E-state index contributed by atoms with van der Waals surface area (Å²) in [5, 5.41) is 13.7. The number of ether oxygens (including phenoxy) is 1. The monoisotopic (exact) mass is 554 g/mol. The molecule has 3 atom stereocenters. The number of anilines is 1. The normalized spacial score (nSPS) is 24.5. The predicted octanol–water partition coefficient (Wildman–Crippen LogP) is 6.32. The highest BCUT2D eigenvalue weighted by molar-refractivity contribution is 5.85. The second-order valence-electron chi connectivity index (χ2n) is 11.4. The van der Waals surface area contributed by atoms with Crippen molar-refractivity contribution in [2.45, 2.75) is 94.2 Å². The fraction of sp³-hybridized carbons (Fsp3) is 0.517. The number of hydrogen-bond acceptors (Lipinski definition) is 7. The van der Waals surface area contributed by atoms with Crippen LogP contribution in [0.4, 0.5) is 19.1 Å². The van der Waals surface area contributed by atoms with Gasteiger partial charge < -0.3 is 19.3 Å². The quantitative estimate of drug-likeness (QED) is 0.345. The molecule has 2 saturated carbocycles. The van der Waals surface area contributed by atoms with Crippen LogP contribution >= 0.6 is 0 Å². The van der Waals surface area contributed by atoms with E-state index < -0.39 is 17.7 Å². The predicted molar refractivity (Wildman–Crippen MR) is 137 cm³/mol. The molecule has 3 aromatic rings. The fourth-order valence-electron chi connectivity index (χ4n) is 6.33. The standard InChI is InChI=1S/C29H29F3N4O4/c30-29(31,32)22-4-2-1-3-20(22)25-21(26(40-35-25)16-7-8-16)14-39-19-11-17-9-10-18(12-19)36(17)28-33-23(15-5-6-15)13-24(34-28)27(37)38/h1-4,13,15-19H,5-12,14H2,(H,37,38)/t17-,18+,19+. The third kappa shape index (κ3) is 4.74. The Balaban J connectivity index is 1.11. The zero-order valence-corrected chi connectivity index (χ0v) is 21.7.